The quantitative estimate of drug-likeness (QED) is 0.789. The maximum atomic E-state index is 12.1. The van der Waals surface area contributed by atoms with Crippen LogP contribution in [0.4, 0.5) is 0 Å². The van der Waals surface area contributed by atoms with Crippen molar-refractivity contribution in [2.24, 2.45) is 0 Å². The van der Waals surface area contributed by atoms with E-state index in [0.717, 1.165) is 12.4 Å². The maximum Gasteiger partial charge on any atom is 0.356 e. The molecule has 0 saturated heterocycles. The van der Waals surface area contributed by atoms with E-state index in [4.69, 9.17) is 5.11 Å². The highest BCUT2D eigenvalue weighted by Gasteiger charge is 2.23. The zero-order valence-electron chi connectivity index (χ0n) is 12.0. The van der Waals surface area contributed by atoms with E-state index in [2.05, 4.69) is 9.97 Å². The Morgan fingerprint density at radius 1 is 1.29 bits per heavy atom. The summed E-state index contributed by atoms with van der Waals surface area (Å²) >= 11 is 0. The number of aromatic nitrogens is 2. The van der Waals surface area contributed by atoms with Crippen LogP contribution in [0.3, 0.4) is 0 Å². The van der Waals surface area contributed by atoms with E-state index in [1.807, 2.05) is 0 Å². The average Bonchev–Trinajstić information content (AvgIpc) is 2.45. The van der Waals surface area contributed by atoms with Crippen molar-refractivity contribution < 1.29 is 23.1 Å². The third kappa shape index (κ3) is 4.48. The highest BCUT2D eigenvalue weighted by molar-refractivity contribution is 7.91. The molecule has 8 nitrogen and oxygen atoms in total. The highest BCUT2D eigenvalue weighted by Crippen LogP contribution is 2.07. The summed E-state index contributed by atoms with van der Waals surface area (Å²) in [6, 6.07) is -0.525. The van der Waals surface area contributed by atoms with E-state index in [9.17, 15) is 18.0 Å². The second-order valence-corrected chi connectivity index (χ2v) is 6.95. The fourth-order valence-electron chi connectivity index (χ4n) is 1.53. The van der Waals surface area contributed by atoms with Gasteiger partial charge in [0, 0.05) is 18.8 Å². The topological polar surface area (TPSA) is 118 Å². The lowest BCUT2D eigenvalue weighted by Gasteiger charge is -2.24. The van der Waals surface area contributed by atoms with Gasteiger partial charge in [0.2, 0.25) is 0 Å². The zero-order valence-corrected chi connectivity index (χ0v) is 12.8. The molecule has 1 rings (SSSR count). The van der Waals surface area contributed by atoms with Crippen LogP contribution in [0.2, 0.25) is 0 Å². The van der Waals surface area contributed by atoms with Gasteiger partial charge in [0.25, 0.3) is 5.91 Å². The van der Waals surface area contributed by atoms with E-state index < -0.39 is 27.8 Å². The lowest BCUT2D eigenvalue weighted by molar-refractivity contribution is 0.0685. The molecule has 0 aliphatic rings. The Labute approximate surface area is 122 Å². The number of nitrogens with zero attached hydrogens (tertiary/aromatic N) is 3. The minimum Gasteiger partial charge on any atom is -0.476 e. The zero-order chi connectivity index (χ0) is 16.2. The molecular weight excluding hydrogens is 298 g/mol. The SMILES string of the molecule is CCS(=O)(=O)CC(C)N(C)C(=O)c1cnc(C(=O)O)cn1. The molecule has 1 unspecified atom stereocenters. The number of carboxylic acid groups (broad SMARTS) is 1. The van der Waals surface area contributed by atoms with Crippen molar-refractivity contribution in [1.82, 2.24) is 14.9 Å². The van der Waals surface area contributed by atoms with Crippen molar-refractivity contribution in [2.75, 3.05) is 18.6 Å². The first kappa shape index (κ1) is 17.0. The molecule has 0 spiro atoms. The number of amides is 1. The van der Waals surface area contributed by atoms with Crippen LogP contribution in [0.15, 0.2) is 12.4 Å². The number of carbonyl (C=O) groups is 2. The maximum absolute atomic E-state index is 12.1. The molecular formula is C12H17N3O5S. The summed E-state index contributed by atoms with van der Waals surface area (Å²) in [6.45, 7) is 3.16. The van der Waals surface area contributed by atoms with Crippen LogP contribution in [0.25, 0.3) is 0 Å². The second kappa shape index (κ2) is 6.61. The Hall–Kier alpha value is -2.03. The number of rotatable bonds is 6. The molecule has 9 heteroatoms. The van der Waals surface area contributed by atoms with E-state index in [1.54, 1.807) is 13.8 Å². The minimum atomic E-state index is -3.21. The highest BCUT2D eigenvalue weighted by atomic mass is 32.2. The van der Waals surface area contributed by atoms with Crippen molar-refractivity contribution in [3.63, 3.8) is 0 Å². The summed E-state index contributed by atoms with van der Waals surface area (Å²) in [7, 11) is -1.74. The lowest BCUT2D eigenvalue weighted by atomic mass is 10.3. The first-order chi connectivity index (χ1) is 9.68. The van der Waals surface area contributed by atoms with Gasteiger partial charge in [-0.15, -0.1) is 0 Å². The van der Waals surface area contributed by atoms with Gasteiger partial charge in [-0.05, 0) is 6.92 Å². The molecule has 0 radical (unpaired) electrons. The summed E-state index contributed by atoms with van der Waals surface area (Å²) in [5.41, 5.74) is -0.306. The summed E-state index contributed by atoms with van der Waals surface area (Å²) in [5.74, 6) is -1.89. The Morgan fingerprint density at radius 2 is 1.81 bits per heavy atom. The van der Waals surface area contributed by atoms with E-state index in [0.29, 0.717) is 0 Å². The van der Waals surface area contributed by atoms with Gasteiger partial charge in [-0.3, -0.25) is 4.79 Å². The van der Waals surface area contributed by atoms with Crippen LogP contribution < -0.4 is 0 Å². The Bertz CT molecular complexity index is 627. The number of aromatic carboxylic acids is 1. The molecule has 0 fully saturated rings. The van der Waals surface area contributed by atoms with Gasteiger partial charge in [0.1, 0.15) is 5.69 Å². The first-order valence-electron chi connectivity index (χ1n) is 6.21. The summed E-state index contributed by atoms with van der Waals surface area (Å²) in [6.07, 6.45) is 2.04. The number of sulfone groups is 1. The van der Waals surface area contributed by atoms with Crippen LogP contribution in [0.5, 0.6) is 0 Å². The van der Waals surface area contributed by atoms with Crippen LogP contribution >= 0.6 is 0 Å². The molecule has 1 N–H and O–H groups in total. The molecule has 1 amide bonds. The molecule has 0 aliphatic heterocycles. The van der Waals surface area contributed by atoms with Crippen LogP contribution in [0.1, 0.15) is 34.8 Å². The number of carbonyl (C=O) groups excluding carboxylic acids is 1. The van der Waals surface area contributed by atoms with Gasteiger partial charge in [0.05, 0.1) is 18.1 Å². The van der Waals surface area contributed by atoms with Crippen LogP contribution in [-0.4, -0.2) is 64.9 Å². The molecule has 1 aromatic heterocycles. The predicted molar refractivity (Wildman–Crippen MR) is 74.9 cm³/mol. The van der Waals surface area contributed by atoms with Gasteiger partial charge in [-0.25, -0.2) is 23.2 Å². The lowest BCUT2D eigenvalue weighted by Crippen LogP contribution is -2.40. The summed E-state index contributed by atoms with van der Waals surface area (Å²) in [5, 5.41) is 8.70. The van der Waals surface area contributed by atoms with Gasteiger partial charge >= 0.3 is 5.97 Å². The molecule has 1 atom stereocenters. The predicted octanol–water partition coefficient (Wildman–Crippen LogP) is 0.0700. The fraction of sp³-hybridized carbons (Fsp3) is 0.500. The molecule has 1 aromatic rings. The van der Waals surface area contributed by atoms with Crippen molar-refractivity contribution in [3.8, 4) is 0 Å². The van der Waals surface area contributed by atoms with Crippen molar-refractivity contribution in [3.05, 3.63) is 23.8 Å². The van der Waals surface area contributed by atoms with Crippen molar-refractivity contribution >= 4 is 21.7 Å². The van der Waals surface area contributed by atoms with Crippen LogP contribution in [-0.2, 0) is 9.84 Å². The van der Waals surface area contributed by atoms with Gasteiger partial charge < -0.3 is 10.0 Å². The first-order valence-corrected chi connectivity index (χ1v) is 8.03. The Kier molecular flexibility index (Phi) is 5.36. The minimum absolute atomic E-state index is 0.00643. The average molecular weight is 315 g/mol. The molecule has 0 aromatic carbocycles. The Morgan fingerprint density at radius 3 is 2.24 bits per heavy atom. The van der Waals surface area contributed by atoms with Gasteiger partial charge in [0.15, 0.2) is 15.5 Å². The molecule has 0 aliphatic carbocycles. The summed E-state index contributed by atoms with van der Waals surface area (Å²) < 4.78 is 23.1. The number of carboxylic acids is 1. The van der Waals surface area contributed by atoms with Gasteiger partial charge in [-0.1, -0.05) is 6.92 Å². The van der Waals surface area contributed by atoms with Crippen LogP contribution in [0, 0.1) is 0 Å². The molecule has 21 heavy (non-hydrogen) atoms. The molecule has 1 heterocycles. The number of hydrogen-bond donors (Lipinski definition) is 1. The largest absolute Gasteiger partial charge is 0.476 e. The molecule has 116 valence electrons. The molecule has 0 bridgehead atoms. The van der Waals surface area contributed by atoms with Crippen molar-refractivity contribution in [1.29, 1.82) is 0 Å². The van der Waals surface area contributed by atoms with Gasteiger partial charge in [-0.2, -0.15) is 0 Å². The van der Waals surface area contributed by atoms with E-state index >= 15 is 0 Å². The smallest absolute Gasteiger partial charge is 0.356 e. The Balaban J connectivity index is 2.84. The number of hydrogen-bond acceptors (Lipinski definition) is 6. The summed E-state index contributed by atoms with van der Waals surface area (Å²) in [4.78, 5) is 31.4. The van der Waals surface area contributed by atoms with E-state index in [-0.39, 0.29) is 22.9 Å². The monoisotopic (exact) mass is 315 g/mol. The standard InChI is InChI=1S/C12H17N3O5S/c1-4-21(19,20)7-8(2)15(3)11(16)9-5-14-10(6-13-9)12(17)18/h5-6,8H,4,7H2,1-3H3,(H,17,18). The molecule has 0 saturated carbocycles. The normalized spacial score (nSPS) is 12.7. The van der Waals surface area contributed by atoms with E-state index in [1.165, 1.54) is 11.9 Å². The third-order valence-electron chi connectivity index (χ3n) is 3.01. The second-order valence-electron chi connectivity index (χ2n) is 4.56. The fourth-order valence-corrected chi connectivity index (χ4v) is 2.72. The third-order valence-corrected chi connectivity index (χ3v) is 4.88. The van der Waals surface area contributed by atoms with Crippen molar-refractivity contribution in [2.45, 2.75) is 19.9 Å².